The summed E-state index contributed by atoms with van der Waals surface area (Å²) in [6, 6.07) is 3.94. The summed E-state index contributed by atoms with van der Waals surface area (Å²) in [6.07, 6.45) is 7.27. The first-order valence-electron chi connectivity index (χ1n) is 8.08. The first-order valence-corrected chi connectivity index (χ1v) is 8.46. The molecule has 1 aliphatic heterocycles. The Morgan fingerprint density at radius 2 is 2.36 bits per heavy atom. The van der Waals surface area contributed by atoms with Crippen molar-refractivity contribution in [2.45, 2.75) is 32.4 Å². The van der Waals surface area contributed by atoms with E-state index in [9.17, 15) is 9.18 Å². The number of halogens is 2. The summed E-state index contributed by atoms with van der Waals surface area (Å²) in [5, 5.41) is 0.161. The molecule has 2 aromatic rings. The molecule has 0 fully saturated rings. The monoisotopic (exact) mass is 364 g/mol. The molecule has 1 aliphatic rings. The predicted octanol–water partition coefficient (Wildman–Crippen LogP) is 4.23. The lowest BCUT2D eigenvalue weighted by Crippen LogP contribution is -2.36. The van der Waals surface area contributed by atoms with Crippen LogP contribution in [0.5, 0.6) is 5.75 Å². The summed E-state index contributed by atoms with van der Waals surface area (Å²) in [5.41, 5.74) is 0.244. The number of oxazole rings is 1. The van der Waals surface area contributed by atoms with E-state index in [1.807, 2.05) is 12.2 Å². The Bertz CT molecular complexity index is 790. The minimum Gasteiger partial charge on any atom is -0.482 e. The van der Waals surface area contributed by atoms with Gasteiger partial charge in [0.05, 0.1) is 11.1 Å². The molecule has 1 amide bonds. The van der Waals surface area contributed by atoms with E-state index in [2.05, 4.69) is 11.9 Å². The maximum absolute atomic E-state index is 13.0. The van der Waals surface area contributed by atoms with Crippen molar-refractivity contribution in [2.75, 3.05) is 6.54 Å². The lowest BCUT2D eigenvalue weighted by Gasteiger charge is -2.23. The third-order valence-corrected chi connectivity index (χ3v) is 4.22. The number of rotatable bonds is 6. The van der Waals surface area contributed by atoms with Gasteiger partial charge in [-0.15, -0.1) is 0 Å². The molecule has 1 aromatic heterocycles. The Balaban J connectivity index is 1.63. The van der Waals surface area contributed by atoms with Crippen LogP contribution in [0.1, 0.15) is 36.1 Å². The highest BCUT2D eigenvalue weighted by Crippen LogP contribution is 2.26. The molecule has 0 spiro atoms. The Morgan fingerprint density at radius 1 is 1.52 bits per heavy atom. The number of nitrogens with zero attached hydrogens (tertiary/aromatic N) is 2. The Labute approximate surface area is 150 Å². The van der Waals surface area contributed by atoms with Gasteiger partial charge >= 0.3 is 0 Å². The molecule has 1 aromatic carbocycles. The molecule has 2 heterocycles. The first-order chi connectivity index (χ1) is 12.1. The summed E-state index contributed by atoms with van der Waals surface area (Å²) >= 11 is 5.90. The maximum atomic E-state index is 13.0. The number of amides is 1. The van der Waals surface area contributed by atoms with Crippen LogP contribution in [0.3, 0.4) is 0 Å². The second-order valence-electron chi connectivity index (χ2n) is 5.73. The predicted molar refractivity (Wildman–Crippen MR) is 91.1 cm³/mol. The fourth-order valence-corrected chi connectivity index (χ4v) is 2.93. The Morgan fingerprint density at radius 3 is 3.12 bits per heavy atom. The van der Waals surface area contributed by atoms with Crippen molar-refractivity contribution in [3.8, 4) is 5.75 Å². The van der Waals surface area contributed by atoms with Crippen LogP contribution >= 0.6 is 11.6 Å². The van der Waals surface area contributed by atoms with E-state index >= 15 is 0 Å². The highest BCUT2D eigenvalue weighted by atomic mass is 35.5. The molecule has 0 aliphatic carbocycles. The van der Waals surface area contributed by atoms with E-state index in [1.54, 1.807) is 4.90 Å². The molecular formula is C18H18ClFN2O3. The van der Waals surface area contributed by atoms with E-state index in [0.717, 1.165) is 18.9 Å². The summed E-state index contributed by atoms with van der Waals surface area (Å²) in [4.78, 5) is 18.5. The van der Waals surface area contributed by atoms with Crippen LogP contribution in [0.25, 0.3) is 0 Å². The zero-order valence-electron chi connectivity index (χ0n) is 13.7. The molecule has 7 heteroatoms. The molecule has 0 saturated heterocycles. The van der Waals surface area contributed by atoms with Crippen molar-refractivity contribution in [3.05, 3.63) is 59.0 Å². The van der Waals surface area contributed by atoms with Crippen LogP contribution in [0.15, 0.2) is 41.0 Å². The van der Waals surface area contributed by atoms with E-state index < -0.39 is 5.82 Å². The van der Waals surface area contributed by atoms with Crippen LogP contribution in [-0.4, -0.2) is 28.4 Å². The van der Waals surface area contributed by atoms with Crippen LogP contribution in [0, 0.1) is 5.82 Å². The Kier molecular flexibility index (Phi) is 5.38. The van der Waals surface area contributed by atoms with Crippen LogP contribution in [0.2, 0.25) is 5.02 Å². The normalized spacial score (nSPS) is 16.4. The van der Waals surface area contributed by atoms with E-state index in [4.69, 9.17) is 20.8 Å². The highest BCUT2D eigenvalue weighted by molar-refractivity contribution is 6.32. The molecule has 25 heavy (non-hydrogen) atoms. The lowest BCUT2D eigenvalue weighted by molar-refractivity contribution is 0.0738. The number of hydrogen-bond acceptors (Lipinski definition) is 4. The topological polar surface area (TPSA) is 55.6 Å². The molecule has 132 valence electrons. The van der Waals surface area contributed by atoms with Gasteiger partial charge in [-0.1, -0.05) is 37.1 Å². The van der Waals surface area contributed by atoms with Crippen molar-refractivity contribution in [1.29, 1.82) is 0 Å². The fraction of sp³-hybridized carbons (Fsp3) is 0.333. The first kappa shape index (κ1) is 17.5. The zero-order valence-corrected chi connectivity index (χ0v) is 14.5. The van der Waals surface area contributed by atoms with Gasteiger partial charge < -0.3 is 14.1 Å². The molecule has 0 unspecified atom stereocenters. The third kappa shape index (κ3) is 4.02. The van der Waals surface area contributed by atoms with Crippen molar-refractivity contribution in [3.63, 3.8) is 0 Å². The van der Waals surface area contributed by atoms with Gasteiger partial charge in [0.2, 0.25) is 5.89 Å². The van der Waals surface area contributed by atoms with Crippen molar-refractivity contribution >= 4 is 17.5 Å². The largest absolute Gasteiger partial charge is 0.482 e. The van der Waals surface area contributed by atoms with E-state index in [-0.39, 0.29) is 35.2 Å². The van der Waals surface area contributed by atoms with Crippen LogP contribution in [0.4, 0.5) is 4.39 Å². The highest BCUT2D eigenvalue weighted by Gasteiger charge is 2.27. The molecule has 0 bridgehead atoms. The summed E-state index contributed by atoms with van der Waals surface area (Å²) in [6.45, 7) is 2.66. The lowest BCUT2D eigenvalue weighted by atomic mass is 10.1. The number of carbonyl (C=O) groups is 1. The van der Waals surface area contributed by atoms with Gasteiger partial charge in [-0.05, 0) is 24.6 Å². The van der Waals surface area contributed by atoms with Gasteiger partial charge in [-0.25, -0.2) is 9.37 Å². The maximum Gasteiger partial charge on any atom is 0.276 e. The van der Waals surface area contributed by atoms with Gasteiger partial charge in [-0.3, -0.25) is 4.79 Å². The molecule has 1 atom stereocenters. The average Bonchev–Trinajstić information content (AvgIpc) is 3.23. The number of aromatic nitrogens is 1. The van der Waals surface area contributed by atoms with E-state index in [1.165, 1.54) is 18.4 Å². The number of hydrogen-bond donors (Lipinski definition) is 0. The minimum atomic E-state index is -0.442. The standard InChI is InChI=1S/C18H18ClFN2O3/c1-2-4-13-5-3-8-22(13)18(23)15-10-25-17(21-15)11-24-16-7-6-12(20)9-14(16)19/h3,5-7,9-10,13H,2,4,8,11H2,1H3/t13-/m0/s1. The number of benzene rings is 1. The second kappa shape index (κ2) is 7.70. The van der Waals surface area contributed by atoms with Gasteiger partial charge in [0, 0.05) is 6.54 Å². The van der Waals surface area contributed by atoms with Gasteiger partial charge in [0.15, 0.2) is 12.3 Å². The fourth-order valence-electron chi connectivity index (χ4n) is 2.71. The SMILES string of the molecule is CCC[C@H]1C=CCN1C(=O)c1coc(COc2ccc(F)cc2Cl)n1. The summed E-state index contributed by atoms with van der Waals surface area (Å²) in [7, 11) is 0. The molecule has 0 radical (unpaired) electrons. The van der Waals surface area contributed by atoms with Crippen molar-refractivity contribution < 1.29 is 18.3 Å². The van der Waals surface area contributed by atoms with Gasteiger partial charge in [0.1, 0.15) is 17.8 Å². The van der Waals surface area contributed by atoms with Crippen molar-refractivity contribution in [2.24, 2.45) is 0 Å². The van der Waals surface area contributed by atoms with Gasteiger partial charge in [0.25, 0.3) is 5.91 Å². The summed E-state index contributed by atoms with van der Waals surface area (Å²) < 4.78 is 23.8. The van der Waals surface area contributed by atoms with E-state index in [0.29, 0.717) is 12.3 Å². The zero-order chi connectivity index (χ0) is 17.8. The molecule has 5 nitrogen and oxygen atoms in total. The minimum absolute atomic E-state index is 0.00469. The smallest absolute Gasteiger partial charge is 0.276 e. The third-order valence-electron chi connectivity index (χ3n) is 3.92. The number of ether oxygens (including phenoxy) is 1. The molecule has 0 saturated carbocycles. The second-order valence-corrected chi connectivity index (χ2v) is 6.14. The molecule has 3 rings (SSSR count). The van der Waals surface area contributed by atoms with Crippen LogP contribution in [-0.2, 0) is 6.61 Å². The quantitative estimate of drug-likeness (QED) is 0.720. The Hall–Kier alpha value is -2.34. The number of carbonyl (C=O) groups excluding carboxylic acids is 1. The molecule has 0 N–H and O–H groups in total. The summed E-state index contributed by atoms with van der Waals surface area (Å²) in [5.74, 6) is -0.0377. The van der Waals surface area contributed by atoms with Crippen molar-refractivity contribution in [1.82, 2.24) is 9.88 Å². The van der Waals surface area contributed by atoms with Crippen LogP contribution < -0.4 is 4.74 Å². The molecular weight excluding hydrogens is 347 g/mol. The van der Waals surface area contributed by atoms with Gasteiger partial charge in [-0.2, -0.15) is 0 Å². The average molecular weight is 365 g/mol.